The van der Waals surface area contributed by atoms with Gasteiger partial charge in [-0.3, -0.25) is 9.69 Å². The topological polar surface area (TPSA) is 60.9 Å². The molecule has 0 spiro atoms. The molecule has 2 amide bonds. The average Bonchev–Trinajstić information content (AvgIpc) is 2.89. The number of hydrogen-bond donors (Lipinski definition) is 1. The number of allylic oxidation sites excluding steroid dienone is 2. The molecule has 2 unspecified atom stereocenters. The summed E-state index contributed by atoms with van der Waals surface area (Å²) in [6.45, 7) is 12.5. The smallest absolute Gasteiger partial charge is 0.407 e. The van der Waals surface area contributed by atoms with Crippen LogP contribution in [0.1, 0.15) is 42.0 Å². The highest BCUT2D eigenvalue weighted by Crippen LogP contribution is 2.49. The molecule has 5 nitrogen and oxygen atoms in total. The summed E-state index contributed by atoms with van der Waals surface area (Å²) in [5.74, 6) is 0.104. The Labute approximate surface area is 161 Å². The molecule has 0 aromatic heterocycles. The molecular weight excluding hydrogens is 340 g/mol. The van der Waals surface area contributed by atoms with Gasteiger partial charge in [-0.2, -0.15) is 0 Å². The standard InChI is InChI=1S/C22H28N2O3/c1-5-9-22(10-6-2)14-18-19(17-13-15(3)7-8-16(17)4)24(21(26)27)12-11-23(18)20(22)25/h5-8,13,18-19H,1-2,9-12,14H2,3-4H3,(H,26,27). The van der Waals surface area contributed by atoms with E-state index in [1.807, 2.05) is 30.9 Å². The molecule has 2 aliphatic rings. The molecule has 0 aliphatic carbocycles. The van der Waals surface area contributed by atoms with E-state index >= 15 is 0 Å². The van der Waals surface area contributed by atoms with Crippen molar-refractivity contribution < 1.29 is 14.7 Å². The van der Waals surface area contributed by atoms with E-state index in [0.29, 0.717) is 32.4 Å². The van der Waals surface area contributed by atoms with Gasteiger partial charge in [0.15, 0.2) is 0 Å². The Hall–Kier alpha value is -2.56. The number of nitrogens with zero attached hydrogens (tertiary/aromatic N) is 2. The summed E-state index contributed by atoms with van der Waals surface area (Å²) in [5.41, 5.74) is 2.58. The van der Waals surface area contributed by atoms with Crippen molar-refractivity contribution >= 4 is 12.0 Å². The molecule has 2 fully saturated rings. The van der Waals surface area contributed by atoms with E-state index in [2.05, 4.69) is 19.2 Å². The largest absolute Gasteiger partial charge is 0.465 e. The number of fused-ring (bicyclic) bond motifs is 1. The third kappa shape index (κ3) is 3.15. The minimum absolute atomic E-state index is 0.104. The van der Waals surface area contributed by atoms with Crippen LogP contribution in [0.25, 0.3) is 0 Å². The van der Waals surface area contributed by atoms with Crippen LogP contribution in [0.2, 0.25) is 0 Å². The minimum atomic E-state index is -0.932. The number of aryl methyl sites for hydroxylation is 2. The van der Waals surface area contributed by atoms with Gasteiger partial charge in [-0.05, 0) is 44.2 Å². The van der Waals surface area contributed by atoms with Crippen LogP contribution in [0.4, 0.5) is 4.79 Å². The van der Waals surface area contributed by atoms with Gasteiger partial charge in [0.05, 0.1) is 17.5 Å². The van der Waals surface area contributed by atoms with Gasteiger partial charge in [0.1, 0.15) is 0 Å². The summed E-state index contributed by atoms with van der Waals surface area (Å²) < 4.78 is 0. The second-order valence-electron chi connectivity index (χ2n) is 7.82. The molecule has 27 heavy (non-hydrogen) atoms. The third-order valence-corrected chi connectivity index (χ3v) is 6.07. The molecule has 0 bridgehead atoms. The van der Waals surface area contributed by atoms with Crippen molar-refractivity contribution in [3.63, 3.8) is 0 Å². The van der Waals surface area contributed by atoms with E-state index in [4.69, 9.17) is 0 Å². The number of benzene rings is 1. The second kappa shape index (κ2) is 7.22. The highest BCUT2D eigenvalue weighted by molar-refractivity contribution is 5.86. The van der Waals surface area contributed by atoms with E-state index < -0.39 is 11.5 Å². The number of carbonyl (C=O) groups is 2. The minimum Gasteiger partial charge on any atom is -0.465 e. The molecule has 0 radical (unpaired) electrons. The van der Waals surface area contributed by atoms with Crippen molar-refractivity contribution in [2.45, 2.75) is 45.2 Å². The zero-order valence-electron chi connectivity index (χ0n) is 16.1. The number of piperazine rings is 1. The number of carboxylic acid groups (broad SMARTS) is 1. The normalized spacial score (nSPS) is 23.9. The first-order valence-corrected chi connectivity index (χ1v) is 9.44. The fourth-order valence-electron chi connectivity index (χ4n) is 4.81. The molecule has 144 valence electrons. The summed E-state index contributed by atoms with van der Waals surface area (Å²) in [5, 5.41) is 9.84. The van der Waals surface area contributed by atoms with Crippen molar-refractivity contribution in [2.75, 3.05) is 13.1 Å². The van der Waals surface area contributed by atoms with Crippen molar-refractivity contribution in [1.29, 1.82) is 0 Å². The Bertz CT molecular complexity index is 776. The maximum absolute atomic E-state index is 13.3. The van der Waals surface area contributed by atoms with Crippen LogP contribution < -0.4 is 0 Å². The zero-order valence-corrected chi connectivity index (χ0v) is 16.1. The Kier molecular flexibility index (Phi) is 5.13. The average molecular weight is 368 g/mol. The summed E-state index contributed by atoms with van der Waals surface area (Å²) in [7, 11) is 0. The molecule has 2 atom stereocenters. The van der Waals surface area contributed by atoms with Crippen molar-refractivity contribution in [3.05, 3.63) is 60.2 Å². The van der Waals surface area contributed by atoms with Gasteiger partial charge in [0.25, 0.3) is 0 Å². The Morgan fingerprint density at radius 2 is 1.93 bits per heavy atom. The highest BCUT2D eigenvalue weighted by atomic mass is 16.4. The van der Waals surface area contributed by atoms with E-state index in [0.717, 1.165) is 16.7 Å². The van der Waals surface area contributed by atoms with Gasteiger partial charge in [0.2, 0.25) is 5.91 Å². The Balaban J connectivity index is 2.10. The molecule has 1 N–H and O–H groups in total. The third-order valence-electron chi connectivity index (χ3n) is 6.07. The van der Waals surface area contributed by atoms with Crippen LogP contribution in [0.5, 0.6) is 0 Å². The predicted molar refractivity (Wildman–Crippen MR) is 106 cm³/mol. The molecule has 5 heteroatoms. The van der Waals surface area contributed by atoms with Crippen LogP contribution in [0.15, 0.2) is 43.5 Å². The van der Waals surface area contributed by atoms with E-state index in [9.17, 15) is 14.7 Å². The molecule has 2 heterocycles. The van der Waals surface area contributed by atoms with Gasteiger partial charge >= 0.3 is 6.09 Å². The summed E-state index contributed by atoms with van der Waals surface area (Å²) in [4.78, 5) is 28.7. The fourth-order valence-corrected chi connectivity index (χ4v) is 4.81. The van der Waals surface area contributed by atoms with Gasteiger partial charge in [-0.15, -0.1) is 13.2 Å². The van der Waals surface area contributed by atoms with Crippen LogP contribution in [0.3, 0.4) is 0 Å². The molecule has 2 aliphatic heterocycles. The van der Waals surface area contributed by atoms with Gasteiger partial charge in [-0.1, -0.05) is 35.9 Å². The zero-order chi connectivity index (χ0) is 19.8. The number of hydrogen-bond acceptors (Lipinski definition) is 2. The molecular formula is C22H28N2O3. The lowest BCUT2D eigenvalue weighted by Crippen LogP contribution is -2.55. The van der Waals surface area contributed by atoms with E-state index in [-0.39, 0.29) is 18.0 Å². The Morgan fingerprint density at radius 1 is 1.26 bits per heavy atom. The molecule has 0 saturated carbocycles. The first kappa shape index (κ1) is 19.2. The lowest BCUT2D eigenvalue weighted by atomic mass is 9.76. The van der Waals surface area contributed by atoms with E-state index in [1.165, 1.54) is 4.90 Å². The monoisotopic (exact) mass is 368 g/mol. The number of rotatable bonds is 5. The number of amides is 2. The lowest BCUT2D eigenvalue weighted by Gasteiger charge is -2.44. The van der Waals surface area contributed by atoms with Crippen LogP contribution >= 0.6 is 0 Å². The summed E-state index contributed by atoms with van der Waals surface area (Å²) in [6.07, 6.45) is 4.43. The molecule has 3 rings (SSSR count). The molecule has 1 aromatic rings. The van der Waals surface area contributed by atoms with Crippen LogP contribution in [-0.4, -0.2) is 46.0 Å². The van der Waals surface area contributed by atoms with Crippen molar-refractivity contribution in [3.8, 4) is 0 Å². The lowest BCUT2D eigenvalue weighted by molar-refractivity contribution is -0.138. The van der Waals surface area contributed by atoms with Crippen LogP contribution in [0, 0.1) is 19.3 Å². The summed E-state index contributed by atoms with van der Waals surface area (Å²) >= 11 is 0. The fraction of sp³-hybridized carbons (Fsp3) is 0.455. The maximum atomic E-state index is 13.3. The van der Waals surface area contributed by atoms with Crippen LogP contribution in [-0.2, 0) is 4.79 Å². The maximum Gasteiger partial charge on any atom is 0.407 e. The van der Waals surface area contributed by atoms with Crippen molar-refractivity contribution in [1.82, 2.24) is 9.80 Å². The molecule has 2 saturated heterocycles. The summed E-state index contributed by atoms with van der Waals surface area (Å²) in [6, 6.07) is 5.61. The van der Waals surface area contributed by atoms with E-state index in [1.54, 1.807) is 12.2 Å². The Morgan fingerprint density at radius 3 is 2.52 bits per heavy atom. The first-order chi connectivity index (χ1) is 12.8. The van der Waals surface area contributed by atoms with Gasteiger partial charge in [-0.25, -0.2) is 4.79 Å². The molecule has 1 aromatic carbocycles. The number of carbonyl (C=O) groups excluding carboxylic acids is 1. The predicted octanol–water partition coefficient (Wildman–Crippen LogP) is 4.08. The highest BCUT2D eigenvalue weighted by Gasteiger charge is 2.55. The second-order valence-corrected chi connectivity index (χ2v) is 7.82. The van der Waals surface area contributed by atoms with Crippen molar-refractivity contribution in [2.24, 2.45) is 5.41 Å². The van der Waals surface area contributed by atoms with Gasteiger partial charge < -0.3 is 10.0 Å². The van der Waals surface area contributed by atoms with Gasteiger partial charge in [0, 0.05) is 13.1 Å². The SMILES string of the molecule is C=CCC1(CC=C)CC2C(c3cc(C)ccc3C)N(C(=O)O)CCN2C1=O. The quantitative estimate of drug-likeness (QED) is 0.797. The first-order valence-electron chi connectivity index (χ1n) is 9.44.